The van der Waals surface area contributed by atoms with Crippen LogP contribution in [-0.2, 0) is 29.0 Å². The number of aromatic nitrogens is 5. The molecule has 50 heavy (non-hydrogen) atoms. The number of carbonyl (C=O) groups is 2. The maximum absolute atomic E-state index is 12.9. The first-order chi connectivity index (χ1) is 24.2. The zero-order valence-electron chi connectivity index (χ0n) is 27.1. The Morgan fingerprint density at radius 1 is 0.980 bits per heavy atom. The van der Waals surface area contributed by atoms with Crippen molar-refractivity contribution >= 4 is 58.2 Å². The van der Waals surface area contributed by atoms with E-state index in [1.807, 2.05) is 30.3 Å². The van der Waals surface area contributed by atoms with E-state index >= 15 is 0 Å². The fourth-order valence-corrected chi connectivity index (χ4v) is 5.69. The summed E-state index contributed by atoms with van der Waals surface area (Å²) in [5.41, 5.74) is 4.64. The van der Waals surface area contributed by atoms with E-state index in [1.54, 1.807) is 36.4 Å². The SMILES string of the molecule is COC(=O)[C@H](Cc1ccc(C#N)cc1)Nc1nc(NCc2nc3cc(Cl)ccc3[nH]2)nc(Nc2cccc(CN3CCN(C(=O)O)CC3)c2)n1. The van der Waals surface area contributed by atoms with Crippen LogP contribution in [0.25, 0.3) is 11.0 Å². The van der Waals surface area contributed by atoms with Gasteiger partial charge in [-0.05, 0) is 53.6 Å². The number of methoxy groups -OCH3 is 1. The molecule has 256 valence electrons. The van der Waals surface area contributed by atoms with Crippen LogP contribution in [0.4, 0.5) is 28.3 Å². The Morgan fingerprint density at radius 3 is 2.48 bits per heavy atom. The molecule has 1 aliphatic heterocycles. The molecule has 0 aliphatic carbocycles. The number of anilines is 4. The number of nitriles is 1. The number of fused-ring (bicyclic) bond motifs is 1. The third kappa shape index (κ3) is 8.73. The molecule has 1 amide bonds. The second-order valence-electron chi connectivity index (χ2n) is 11.6. The molecule has 16 heteroatoms. The molecule has 0 unspecified atom stereocenters. The van der Waals surface area contributed by atoms with Crippen LogP contribution < -0.4 is 16.0 Å². The number of rotatable bonds is 12. The summed E-state index contributed by atoms with van der Waals surface area (Å²) in [5, 5.41) is 28.6. The number of hydrogen-bond donors (Lipinski definition) is 5. The van der Waals surface area contributed by atoms with E-state index in [9.17, 15) is 14.7 Å². The molecule has 15 nitrogen and oxygen atoms in total. The van der Waals surface area contributed by atoms with Gasteiger partial charge in [-0.15, -0.1) is 0 Å². The molecule has 0 bridgehead atoms. The van der Waals surface area contributed by atoms with Gasteiger partial charge in [-0.2, -0.15) is 20.2 Å². The topological polar surface area (TPSA) is 197 Å². The van der Waals surface area contributed by atoms with Crippen molar-refractivity contribution in [2.75, 3.05) is 49.2 Å². The molecule has 1 fully saturated rings. The molecular formula is C34H34ClN11O4. The highest BCUT2D eigenvalue weighted by molar-refractivity contribution is 6.31. The number of piperazine rings is 1. The molecule has 0 spiro atoms. The number of H-pyrrole nitrogens is 1. The van der Waals surface area contributed by atoms with E-state index < -0.39 is 18.1 Å². The molecule has 1 atom stereocenters. The van der Waals surface area contributed by atoms with Crippen molar-refractivity contribution in [3.05, 3.63) is 94.3 Å². The number of aromatic amines is 1. The summed E-state index contributed by atoms with van der Waals surface area (Å²) in [6, 6.07) is 21.4. The first kappa shape index (κ1) is 33.9. The molecule has 1 saturated heterocycles. The first-order valence-electron chi connectivity index (χ1n) is 15.8. The molecule has 2 aromatic heterocycles. The molecule has 0 saturated carbocycles. The van der Waals surface area contributed by atoms with Gasteiger partial charge in [0, 0.05) is 49.9 Å². The number of carbonyl (C=O) groups excluding carboxylic acids is 1. The number of amides is 1. The number of nitrogens with zero attached hydrogens (tertiary/aromatic N) is 7. The van der Waals surface area contributed by atoms with Crippen LogP contribution in [0, 0.1) is 11.3 Å². The maximum atomic E-state index is 12.9. The van der Waals surface area contributed by atoms with Crippen LogP contribution in [-0.4, -0.2) is 91.2 Å². The summed E-state index contributed by atoms with van der Waals surface area (Å²) in [7, 11) is 1.31. The number of halogens is 1. The van der Waals surface area contributed by atoms with Crippen LogP contribution in [0.15, 0.2) is 66.7 Å². The lowest BCUT2D eigenvalue weighted by Gasteiger charge is -2.33. The van der Waals surface area contributed by atoms with Gasteiger partial charge in [-0.1, -0.05) is 35.9 Å². The number of imidazole rings is 1. The third-order valence-corrected chi connectivity index (χ3v) is 8.32. The average Bonchev–Trinajstić information content (AvgIpc) is 3.53. The molecular weight excluding hydrogens is 662 g/mol. The van der Waals surface area contributed by atoms with E-state index in [1.165, 1.54) is 12.0 Å². The molecule has 5 N–H and O–H groups in total. The van der Waals surface area contributed by atoms with Gasteiger partial charge >= 0.3 is 12.1 Å². The number of hydrogen-bond acceptors (Lipinski definition) is 12. The van der Waals surface area contributed by atoms with Gasteiger partial charge in [-0.25, -0.2) is 14.6 Å². The van der Waals surface area contributed by atoms with E-state index in [0.717, 1.165) is 27.8 Å². The highest BCUT2D eigenvalue weighted by Gasteiger charge is 2.23. The highest BCUT2D eigenvalue weighted by Crippen LogP contribution is 2.21. The number of carboxylic acid groups (broad SMARTS) is 1. The van der Waals surface area contributed by atoms with Crippen molar-refractivity contribution in [3.63, 3.8) is 0 Å². The maximum Gasteiger partial charge on any atom is 0.407 e. The zero-order valence-corrected chi connectivity index (χ0v) is 27.8. The summed E-state index contributed by atoms with van der Waals surface area (Å²) >= 11 is 6.14. The Bertz CT molecular complexity index is 2020. The van der Waals surface area contributed by atoms with Crippen molar-refractivity contribution in [3.8, 4) is 6.07 Å². The molecule has 3 aromatic carbocycles. The Labute approximate surface area is 292 Å². The lowest BCUT2D eigenvalue weighted by atomic mass is 10.0. The van der Waals surface area contributed by atoms with Crippen LogP contribution in [0.2, 0.25) is 5.02 Å². The van der Waals surface area contributed by atoms with Crippen molar-refractivity contribution in [2.24, 2.45) is 0 Å². The first-order valence-corrected chi connectivity index (χ1v) is 16.2. The monoisotopic (exact) mass is 695 g/mol. The molecule has 1 aliphatic rings. The summed E-state index contributed by atoms with van der Waals surface area (Å²) in [6.07, 6.45) is -0.648. The average molecular weight is 696 g/mol. The van der Waals surface area contributed by atoms with Crippen molar-refractivity contribution in [1.82, 2.24) is 34.7 Å². The Balaban J connectivity index is 1.23. The number of esters is 1. The smallest absolute Gasteiger partial charge is 0.407 e. The fourth-order valence-electron chi connectivity index (χ4n) is 5.53. The third-order valence-electron chi connectivity index (χ3n) is 8.09. The van der Waals surface area contributed by atoms with E-state index in [-0.39, 0.29) is 30.8 Å². The van der Waals surface area contributed by atoms with Gasteiger partial charge in [-0.3, -0.25) is 4.90 Å². The minimum atomic E-state index is -0.898. The van der Waals surface area contributed by atoms with Crippen LogP contribution in [0.1, 0.15) is 22.5 Å². The quantitative estimate of drug-likeness (QED) is 0.113. The Morgan fingerprint density at radius 2 is 1.74 bits per heavy atom. The number of nitrogens with one attached hydrogen (secondary N) is 4. The molecule has 0 radical (unpaired) electrons. The normalized spacial score (nSPS) is 13.7. The van der Waals surface area contributed by atoms with Crippen LogP contribution in [0.3, 0.4) is 0 Å². The van der Waals surface area contributed by atoms with Gasteiger partial charge in [0.05, 0.1) is 36.3 Å². The summed E-state index contributed by atoms with van der Waals surface area (Å²) in [6.45, 7) is 3.11. The second-order valence-corrected chi connectivity index (χ2v) is 12.0. The van der Waals surface area contributed by atoms with Crippen molar-refractivity contribution < 1.29 is 19.4 Å². The lowest BCUT2D eigenvalue weighted by Crippen LogP contribution is -2.47. The van der Waals surface area contributed by atoms with Crippen molar-refractivity contribution in [2.45, 2.75) is 25.6 Å². The lowest BCUT2D eigenvalue weighted by molar-refractivity contribution is -0.141. The number of ether oxygens (including phenoxy) is 1. The fraction of sp³-hybridized carbons (Fsp3) is 0.265. The van der Waals surface area contributed by atoms with Crippen molar-refractivity contribution in [1.29, 1.82) is 5.26 Å². The molecule has 5 aromatic rings. The standard InChI is InChI=1S/C34H34ClN11O4/c1-50-30(47)28(16-21-5-7-22(18-36)8-6-21)41-33-43-31(37-19-29-39-26-10-9-24(35)17-27(26)40-29)42-32(44-33)38-25-4-2-3-23(15-25)20-45-11-13-46(14-12-45)34(48)49/h2-10,15,17,28H,11-14,16,19-20H2,1H3,(H,39,40)(H,48,49)(H3,37,38,41,42,43,44)/t28-/m0/s1. The minimum Gasteiger partial charge on any atom is -0.467 e. The predicted molar refractivity (Wildman–Crippen MR) is 187 cm³/mol. The van der Waals surface area contributed by atoms with Crippen LogP contribution in [0.5, 0.6) is 0 Å². The Kier molecular flexibility index (Phi) is 10.5. The summed E-state index contributed by atoms with van der Waals surface area (Å²) in [5.74, 6) is 0.680. The summed E-state index contributed by atoms with van der Waals surface area (Å²) < 4.78 is 5.08. The van der Waals surface area contributed by atoms with Gasteiger partial charge in [0.15, 0.2) is 0 Å². The minimum absolute atomic E-state index is 0.123. The zero-order chi connectivity index (χ0) is 35.0. The van der Waals surface area contributed by atoms with E-state index in [2.05, 4.69) is 51.8 Å². The summed E-state index contributed by atoms with van der Waals surface area (Å²) in [4.78, 5) is 49.4. The number of benzene rings is 3. The second kappa shape index (κ2) is 15.5. The van der Waals surface area contributed by atoms with Gasteiger partial charge in [0.25, 0.3) is 0 Å². The van der Waals surface area contributed by atoms with E-state index in [4.69, 9.17) is 21.6 Å². The molecule has 3 heterocycles. The highest BCUT2D eigenvalue weighted by atomic mass is 35.5. The largest absolute Gasteiger partial charge is 0.467 e. The Hall–Kier alpha value is -5.98. The van der Waals surface area contributed by atoms with Gasteiger partial charge in [0.1, 0.15) is 11.9 Å². The predicted octanol–water partition coefficient (Wildman–Crippen LogP) is 4.62. The van der Waals surface area contributed by atoms with E-state index in [0.29, 0.717) is 49.1 Å². The molecule has 6 rings (SSSR count). The van der Waals surface area contributed by atoms with Crippen LogP contribution >= 0.6 is 11.6 Å². The van der Waals surface area contributed by atoms with Gasteiger partial charge in [0.2, 0.25) is 17.8 Å². The van der Waals surface area contributed by atoms with Gasteiger partial charge < -0.3 is 35.7 Å².